The summed E-state index contributed by atoms with van der Waals surface area (Å²) in [7, 11) is 0. The number of carbonyl (C=O) groups excluding carboxylic acids is 1. The number of rotatable bonds is 3. The summed E-state index contributed by atoms with van der Waals surface area (Å²) in [5.41, 5.74) is 1.28. The van der Waals surface area contributed by atoms with Gasteiger partial charge in [0.2, 0.25) is 0 Å². The molecular weight excluding hydrogens is 278 g/mol. The molecule has 0 atom stereocenters. The van der Waals surface area contributed by atoms with Crippen LogP contribution < -0.4 is 0 Å². The van der Waals surface area contributed by atoms with Crippen LogP contribution >= 0.6 is 27.7 Å². The lowest BCUT2D eigenvalue weighted by Crippen LogP contribution is -2.03. The molecule has 0 fully saturated rings. The lowest BCUT2D eigenvalue weighted by Gasteiger charge is -1.98. The first kappa shape index (κ1) is 10.4. The second-order valence-corrected chi connectivity index (χ2v) is 4.38. The van der Waals surface area contributed by atoms with Crippen molar-refractivity contribution in [3.63, 3.8) is 0 Å². The van der Waals surface area contributed by atoms with E-state index in [9.17, 15) is 4.79 Å². The summed E-state index contributed by atoms with van der Waals surface area (Å²) in [6, 6.07) is 1.87. The number of carbonyl (C=O) groups is 1. The van der Waals surface area contributed by atoms with E-state index in [1.54, 1.807) is 12.4 Å². The number of ketones is 1. The fourth-order valence-electron chi connectivity index (χ4n) is 1.12. The first-order valence-electron chi connectivity index (χ1n) is 4.16. The maximum absolute atomic E-state index is 11.6. The minimum Gasteiger partial charge on any atom is -0.292 e. The normalized spacial score (nSPS) is 10.2. The van der Waals surface area contributed by atoms with Gasteiger partial charge in [-0.15, -0.1) is 0 Å². The smallest absolute Gasteiger partial charge is 0.188 e. The largest absolute Gasteiger partial charge is 0.292 e. The quantitative estimate of drug-likeness (QED) is 0.810. The van der Waals surface area contributed by atoms with Crippen LogP contribution in [0.25, 0.3) is 0 Å². The zero-order valence-corrected chi connectivity index (χ0v) is 9.96. The standard InChI is InChI=1S/C9H6BrN3OS/c10-7-1-6(3-11-4-7)2-9(14)8-5-12-15-13-8/h1,3-5H,2H2. The molecule has 0 N–H and O–H groups in total. The number of Topliss-reactive ketones (excluding diaryl/α,β-unsaturated/α-hetero) is 1. The molecule has 0 radical (unpaired) electrons. The summed E-state index contributed by atoms with van der Waals surface area (Å²) in [6.45, 7) is 0. The highest BCUT2D eigenvalue weighted by atomic mass is 79.9. The highest BCUT2D eigenvalue weighted by molar-refractivity contribution is 9.10. The van der Waals surface area contributed by atoms with Crippen LogP contribution in [-0.4, -0.2) is 19.5 Å². The van der Waals surface area contributed by atoms with E-state index in [1.165, 1.54) is 6.20 Å². The van der Waals surface area contributed by atoms with Crippen molar-refractivity contribution >= 4 is 33.4 Å². The molecule has 2 aromatic rings. The van der Waals surface area contributed by atoms with E-state index in [1.807, 2.05) is 6.07 Å². The van der Waals surface area contributed by atoms with Crippen molar-refractivity contribution in [3.05, 3.63) is 40.4 Å². The van der Waals surface area contributed by atoms with Crippen molar-refractivity contribution in [2.75, 3.05) is 0 Å². The summed E-state index contributed by atoms with van der Waals surface area (Å²) in [4.78, 5) is 15.6. The Kier molecular flexibility index (Phi) is 3.17. The van der Waals surface area contributed by atoms with E-state index in [0.29, 0.717) is 12.1 Å². The van der Waals surface area contributed by atoms with Gasteiger partial charge in [0.25, 0.3) is 0 Å². The Labute approximate surface area is 98.8 Å². The molecule has 0 amide bonds. The van der Waals surface area contributed by atoms with Crippen LogP contribution in [0.1, 0.15) is 16.1 Å². The van der Waals surface area contributed by atoms with E-state index in [-0.39, 0.29) is 5.78 Å². The molecule has 0 spiro atoms. The van der Waals surface area contributed by atoms with Gasteiger partial charge in [0, 0.05) is 23.3 Å². The third-order valence-electron chi connectivity index (χ3n) is 1.77. The Morgan fingerprint density at radius 3 is 2.93 bits per heavy atom. The molecule has 0 bridgehead atoms. The molecule has 15 heavy (non-hydrogen) atoms. The molecule has 0 aliphatic rings. The van der Waals surface area contributed by atoms with Gasteiger partial charge in [0.05, 0.1) is 17.9 Å². The van der Waals surface area contributed by atoms with Gasteiger partial charge in [-0.2, -0.15) is 8.75 Å². The average molecular weight is 284 g/mol. The first-order chi connectivity index (χ1) is 7.25. The Balaban J connectivity index is 2.13. The zero-order chi connectivity index (χ0) is 10.7. The zero-order valence-electron chi connectivity index (χ0n) is 7.55. The number of aromatic nitrogens is 3. The monoisotopic (exact) mass is 283 g/mol. The molecule has 0 aliphatic carbocycles. The fraction of sp³-hybridized carbons (Fsp3) is 0.111. The van der Waals surface area contributed by atoms with Gasteiger partial charge in [-0.1, -0.05) is 0 Å². The van der Waals surface area contributed by atoms with Crippen molar-refractivity contribution in [1.29, 1.82) is 0 Å². The van der Waals surface area contributed by atoms with Crippen LogP contribution in [0.15, 0.2) is 29.1 Å². The van der Waals surface area contributed by atoms with Crippen molar-refractivity contribution in [3.8, 4) is 0 Å². The molecule has 0 unspecified atom stereocenters. The minimum atomic E-state index is -0.0383. The number of halogens is 1. The maximum atomic E-state index is 11.6. The maximum Gasteiger partial charge on any atom is 0.188 e. The number of nitrogens with zero attached hydrogens (tertiary/aromatic N) is 3. The van der Waals surface area contributed by atoms with Gasteiger partial charge < -0.3 is 0 Å². The molecule has 6 heteroatoms. The predicted octanol–water partition coefficient (Wildman–Crippen LogP) is 2.12. The molecule has 0 aliphatic heterocycles. The Morgan fingerprint density at radius 2 is 2.27 bits per heavy atom. The number of hydrogen-bond acceptors (Lipinski definition) is 5. The molecule has 2 heterocycles. The summed E-state index contributed by atoms with van der Waals surface area (Å²) >= 11 is 4.34. The highest BCUT2D eigenvalue weighted by Gasteiger charge is 2.09. The number of hydrogen-bond donors (Lipinski definition) is 0. The highest BCUT2D eigenvalue weighted by Crippen LogP contribution is 2.11. The average Bonchev–Trinajstić information content (AvgIpc) is 2.70. The second-order valence-electron chi connectivity index (χ2n) is 2.90. The van der Waals surface area contributed by atoms with E-state index >= 15 is 0 Å². The van der Waals surface area contributed by atoms with Crippen molar-refractivity contribution in [1.82, 2.24) is 13.7 Å². The van der Waals surface area contributed by atoms with Gasteiger partial charge in [0.15, 0.2) is 5.78 Å². The van der Waals surface area contributed by atoms with Gasteiger partial charge in [-0.25, -0.2) is 0 Å². The van der Waals surface area contributed by atoms with E-state index in [4.69, 9.17) is 0 Å². The Hall–Kier alpha value is -1.14. The molecule has 0 aromatic carbocycles. The summed E-state index contributed by atoms with van der Waals surface area (Å²) < 4.78 is 8.54. The van der Waals surface area contributed by atoms with E-state index in [2.05, 4.69) is 29.7 Å². The fourth-order valence-corrected chi connectivity index (χ4v) is 1.96. The van der Waals surface area contributed by atoms with Crippen LogP contribution in [0.4, 0.5) is 0 Å². The van der Waals surface area contributed by atoms with Crippen molar-refractivity contribution in [2.45, 2.75) is 6.42 Å². The number of pyridine rings is 1. The molecule has 0 saturated heterocycles. The third-order valence-corrected chi connectivity index (χ3v) is 2.68. The second kappa shape index (κ2) is 4.59. The first-order valence-corrected chi connectivity index (χ1v) is 5.68. The van der Waals surface area contributed by atoms with Crippen molar-refractivity contribution in [2.24, 2.45) is 0 Å². The molecule has 0 saturated carbocycles. The lowest BCUT2D eigenvalue weighted by atomic mass is 10.1. The molecule has 2 aromatic heterocycles. The van der Waals surface area contributed by atoms with Crippen LogP contribution in [-0.2, 0) is 6.42 Å². The Morgan fingerprint density at radius 1 is 1.40 bits per heavy atom. The summed E-state index contributed by atoms with van der Waals surface area (Å²) in [6.07, 6.45) is 5.14. The molecule has 76 valence electrons. The lowest BCUT2D eigenvalue weighted by molar-refractivity contribution is 0.0989. The van der Waals surface area contributed by atoms with E-state index in [0.717, 1.165) is 21.8 Å². The van der Waals surface area contributed by atoms with Gasteiger partial charge in [-0.3, -0.25) is 9.78 Å². The van der Waals surface area contributed by atoms with Crippen LogP contribution in [0.2, 0.25) is 0 Å². The summed E-state index contributed by atoms with van der Waals surface area (Å²) in [5, 5.41) is 0. The predicted molar refractivity (Wildman–Crippen MR) is 59.9 cm³/mol. The minimum absolute atomic E-state index is 0.0383. The van der Waals surface area contributed by atoms with Gasteiger partial charge in [0.1, 0.15) is 5.69 Å². The van der Waals surface area contributed by atoms with Crippen molar-refractivity contribution < 1.29 is 4.79 Å². The summed E-state index contributed by atoms with van der Waals surface area (Å²) in [5.74, 6) is -0.0383. The molecule has 4 nitrogen and oxygen atoms in total. The topological polar surface area (TPSA) is 55.7 Å². The van der Waals surface area contributed by atoms with Gasteiger partial charge >= 0.3 is 0 Å². The third kappa shape index (κ3) is 2.66. The molecule has 2 rings (SSSR count). The Bertz CT molecular complexity index is 472. The van der Waals surface area contributed by atoms with Crippen LogP contribution in [0, 0.1) is 0 Å². The van der Waals surface area contributed by atoms with Crippen LogP contribution in [0.3, 0.4) is 0 Å². The van der Waals surface area contributed by atoms with Gasteiger partial charge in [-0.05, 0) is 27.6 Å². The molecular formula is C9H6BrN3OS. The van der Waals surface area contributed by atoms with Crippen LogP contribution in [0.5, 0.6) is 0 Å². The van der Waals surface area contributed by atoms with E-state index < -0.39 is 0 Å². The SMILES string of the molecule is O=C(Cc1cncc(Br)c1)c1cnsn1.